The third-order valence-corrected chi connectivity index (χ3v) is 2.39. The molecule has 3 nitrogen and oxygen atoms in total. The molecule has 0 aliphatic carbocycles. The Morgan fingerprint density at radius 2 is 2.08 bits per heavy atom. The molecule has 0 fully saturated rings. The zero-order valence-electron chi connectivity index (χ0n) is 7.82. The van der Waals surface area contributed by atoms with Crippen molar-refractivity contribution < 1.29 is 4.73 Å². The average Bonchev–Trinajstić information content (AvgIpc) is 2.41. The summed E-state index contributed by atoms with van der Waals surface area (Å²) in [4.78, 5) is 0. The molecule has 0 unspecified atom stereocenters. The highest BCUT2D eigenvalue weighted by molar-refractivity contribution is 5.72. The van der Waals surface area contributed by atoms with E-state index in [0.717, 1.165) is 28.1 Å². The molecule has 0 bridgehead atoms. The highest BCUT2D eigenvalue weighted by Crippen LogP contribution is 2.12. The molecule has 1 aromatic carbocycles. The second-order valence-electron chi connectivity index (χ2n) is 3.07. The predicted molar refractivity (Wildman–Crippen MR) is 51.3 cm³/mol. The van der Waals surface area contributed by atoms with Crippen LogP contribution in [-0.2, 0) is 6.54 Å². The number of rotatable bonds is 1. The van der Waals surface area contributed by atoms with Gasteiger partial charge in [0.1, 0.15) is 0 Å². The summed E-state index contributed by atoms with van der Waals surface area (Å²) in [5.74, 6) is 0.753. The van der Waals surface area contributed by atoms with E-state index >= 15 is 0 Å². The maximum absolute atomic E-state index is 11.6. The number of imidazole rings is 1. The van der Waals surface area contributed by atoms with Gasteiger partial charge in [0.2, 0.25) is 0 Å². The Morgan fingerprint density at radius 3 is 2.77 bits per heavy atom. The molecule has 3 heteroatoms. The Morgan fingerprint density at radius 1 is 1.38 bits per heavy atom. The Hall–Kier alpha value is -1.51. The van der Waals surface area contributed by atoms with E-state index in [4.69, 9.17) is 0 Å². The fraction of sp³-hybridized carbons (Fsp3) is 0.300. The van der Waals surface area contributed by atoms with Gasteiger partial charge < -0.3 is 5.21 Å². The van der Waals surface area contributed by atoms with Gasteiger partial charge in [-0.05, 0) is 19.1 Å². The van der Waals surface area contributed by atoms with Crippen LogP contribution in [0.5, 0.6) is 0 Å². The van der Waals surface area contributed by atoms with Crippen molar-refractivity contribution in [3.05, 3.63) is 35.3 Å². The summed E-state index contributed by atoms with van der Waals surface area (Å²) in [5, 5.41) is 11.6. The number of aromatic nitrogens is 2. The summed E-state index contributed by atoms with van der Waals surface area (Å²) in [5.41, 5.74) is 1.76. The summed E-state index contributed by atoms with van der Waals surface area (Å²) >= 11 is 0. The van der Waals surface area contributed by atoms with Crippen molar-refractivity contribution in [2.45, 2.75) is 20.4 Å². The first kappa shape index (κ1) is 8.10. The van der Waals surface area contributed by atoms with Crippen LogP contribution in [0.15, 0.2) is 24.3 Å². The van der Waals surface area contributed by atoms with Crippen LogP contribution in [0.3, 0.4) is 0 Å². The van der Waals surface area contributed by atoms with Crippen molar-refractivity contribution in [3.8, 4) is 0 Å². The fourth-order valence-electron chi connectivity index (χ4n) is 1.72. The molecular formula is C10H12N2O. The molecule has 0 aliphatic rings. The number of hydrogen-bond donors (Lipinski definition) is 0. The average molecular weight is 176 g/mol. The van der Waals surface area contributed by atoms with Crippen molar-refractivity contribution in [2.75, 3.05) is 0 Å². The molecule has 0 spiro atoms. The van der Waals surface area contributed by atoms with E-state index in [1.807, 2.05) is 42.7 Å². The van der Waals surface area contributed by atoms with Gasteiger partial charge in [-0.1, -0.05) is 12.1 Å². The molecule has 0 saturated carbocycles. The number of nitrogens with zero attached hydrogens (tertiary/aromatic N) is 2. The zero-order chi connectivity index (χ0) is 9.42. The van der Waals surface area contributed by atoms with Gasteiger partial charge in [0, 0.05) is 6.92 Å². The Balaban J connectivity index is 2.90. The van der Waals surface area contributed by atoms with Gasteiger partial charge in [-0.3, -0.25) is 0 Å². The Kier molecular flexibility index (Phi) is 1.72. The minimum atomic E-state index is 0.752. The smallest absolute Gasteiger partial charge is 0.257 e. The van der Waals surface area contributed by atoms with E-state index in [1.54, 1.807) is 0 Å². The second kappa shape index (κ2) is 2.76. The lowest BCUT2D eigenvalue weighted by molar-refractivity contribution is -0.585. The van der Waals surface area contributed by atoms with Crippen molar-refractivity contribution in [1.29, 1.82) is 0 Å². The first-order valence-electron chi connectivity index (χ1n) is 4.43. The predicted octanol–water partition coefficient (Wildman–Crippen LogP) is 1.60. The lowest BCUT2D eigenvalue weighted by atomic mass is 10.3. The van der Waals surface area contributed by atoms with Crippen molar-refractivity contribution in [2.24, 2.45) is 0 Å². The SMILES string of the molecule is CCn1c(C)[n+]([O-])c2ccccc21. The highest BCUT2D eigenvalue weighted by Gasteiger charge is 2.14. The van der Waals surface area contributed by atoms with E-state index in [-0.39, 0.29) is 0 Å². The molecule has 0 saturated heterocycles. The van der Waals surface area contributed by atoms with Crippen LogP contribution in [0.1, 0.15) is 12.7 Å². The molecule has 0 amide bonds. The van der Waals surface area contributed by atoms with Crippen LogP contribution in [-0.4, -0.2) is 4.57 Å². The van der Waals surface area contributed by atoms with E-state index < -0.39 is 0 Å². The Labute approximate surface area is 76.8 Å². The molecule has 1 aromatic heterocycles. The standard InChI is InChI=1S/C10H12N2O/c1-3-11-8(2)12(13)10-7-5-4-6-9(10)11/h4-7H,3H2,1-2H3. The summed E-state index contributed by atoms with van der Waals surface area (Å²) < 4.78 is 3.00. The van der Waals surface area contributed by atoms with Gasteiger partial charge in [-0.25, -0.2) is 9.30 Å². The second-order valence-corrected chi connectivity index (χ2v) is 3.07. The van der Waals surface area contributed by atoms with Crippen LogP contribution in [0.25, 0.3) is 11.0 Å². The molecule has 68 valence electrons. The maximum atomic E-state index is 11.6. The van der Waals surface area contributed by atoms with Gasteiger partial charge in [-0.15, -0.1) is 0 Å². The highest BCUT2D eigenvalue weighted by atomic mass is 16.5. The third kappa shape index (κ3) is 1.00. The summed E-state index contributed by atoms with van der Waals surface area (Å²) in [7, 11) is 0. The summed E-state index contributed by atoms with van der Waals surface area (Å²) in [6, 6.07) is 7.66. The molecule has 0 atom stereocenters. The molecule has 2 aromatic rings. The van der Waals surface area contributed by atoms with E-state index in [9.17, 15) is 5.21 Å². The lowest BCUT2D eigenvalue weighted by Gasteiger charge is -1.98. The van der Waals surface area contributed by atoms with Crippen LogP contribution in [0.2, 0.25) is 0 Å². The fourth-order valence-corrected chi connectivity index (χ4v) is 1.72. The van der Waals surface area contributed by atoms with Crippen LogP contribution < -0.4 is 4.73 Å². The van der Waals surface area contributed by atoms with Gasteiger partial charge in [0.25, 0.3) is 5.82 Å². The van der Waals surface area contributed by atoms with E-state index in [1.165, 1.54) is 0 Å². The van der Waals surface area contributed by atoms with Crippen molar-refractivity contribution in [1.82, 2.24) is 4.57 Å². The lowest BCUT2D eigenvalue weighted by Crippen LogP contribution is -2.28. The monoisotopic (exact) mass is 176 g/mol. The van der Waals surface area contributed by atoms with E-state index in [0.29, 0.717) is 0 Å². The number of fused-ring (bicyclic) bond motifs is 1. The number of aryl methyl sites for hydroxylation is 1. The van der Waals surface area contributed by atoms with Gasteiger partial charge in [0.15, 0.2) is 11.0 Å². The van der Waals surface area contributed by atoms with Crippen molar-refractivity contribution >= 4 is 11.0 Å². The largest absolute Gasteiger partial charge is 0.710 e. The molecule has 0 radical (unpaired) electrons. The van der Waals surface area contributed by atoms with Crippen LogP contribution >= 0.6 is 0 Å². The minimum Gasteiger partial charge on any atom is -0.710 e. The normalized spacial score (nSPS) is 10.9. The molecular weight excluding hydrogens is 164 g/mol. The van der Waals surface area contributed by atoms with Gasteiger partial charge in [-0.2, -0.15) is 0 Å². The summed E-state index contributed by atoms with van der Waals surface area (Å²) in [6.07, 6.45) is 0. The molecule has 13 heavy (non-hydrogen) atoms. The zero-order valence-corrected chi connectivity index (χ0v) is 7.82. The third-order valence-electron chi connectivity index (χ3n) is 2.39. The maximum Gasteiger partial charge on any atom is 0.257 e. The Bertz CT molecular complexity index is 445. The minimum absolute atomic E-state index is 0.752. The number of benzene rings is 1. The van der Waals surface area contributed by atoms with Gasteiger partial charge in [0.05, 0.1) is 6.54 Å². The molecule has 1 heterocycles. The van der Waals surface area contributed by atoms with Crippen LogP contribution in [0, 0.1) is 12.1 Å². The quantitative estimate of drug-likeness (QED) is 0.479. The van der Waals surface area contributed by atoms with Gasteiger partial charge >= 0.3 is 0 Å². The molecule has 0 aliphatic heterocycles. The molecule has 2 rings (SSSR count). The van der Waals surface area contributed by atoms with E-state index in [2.05, 4.69) is 0 Å². The van der Waals surface area contributed by atoms with Crippen LogP contribution in [0.4, 0.5) is 0 Å². The summed E-state index contributed by atoms with van der Waals surface area (Å²) in [6.45, 7) is 4.72. The first-order valence-corrected chi connectivity index (χ1v) is 4.43. The van der Waals surface area contributed by atoms with Crippen molar-refractivity contribution in [3.63, 3.8) is 0 Å². The molecule has 0 N–H and O–H groups in total. The number of para-hydroxylation sites is 2. The first-order chi connectivity index (χ1) is 6.25. The topological polar surface area (TPSA) is 31.9 Å². The number of hydrogen-bond acceptors (Lipinski definition) is 1.